The molecule has 2 rings (SSSR count). The van der Waals surface area contributed by atoms with Crippen LogP contribution in [0.1, 0.15) is 25.7 Å². The first kappa shape index (κ1) is 9.44. The normalized spacial score (nSPS) is 35.8. The molecule has 0 radical (unpaired) electrons. The maximum absolute atomic E-state index is 5.92. The van der Waals surface area contributed by atoms with Crippen LogP contribution in [0.15, 0.2) is 0 Å². The Morgan fingerprint density at radius 3 is 2.46 bits per heavy atom. The van der Waals surface area contributed by atoms with Crippen molar-refractivity contribution in [3.05, 3.63) is 0 Å². The first-order valence-electron chi connectivity index (χ1n) is 5.27. The van der Waals surface area contributed by atoms with Gasteiger partial charge in [0.15, 0.2) is 0 Å². The quantitative estimate of drug-likeness (QED) is 0.709. The average molecular weight is 185 g/mol. The molecule has 1 heterocycles. The summed E-state index contributed by atoms with van der Waals surface area (Å²) < 4.78 is 11.3. The fourth-order valence-electron chi connectivity index (χ4n) is 2.07. The van der Waals surface area contributed by atoms with Crippen LogP contribution >= 0.6 is 0 Å². The van der Waals surface area contributed by atoms with Crippen LogP contribution in [0.2, 0.25) is 0 Å². The van der Waals surface area contributed by atoms with Crippen LogP contribution in [0.25, 0.3) is 0 Å². The zero-order valence-corrected chi connectivity index (χ0v) is 8.29. The Bertz CT molecular complexity index is 157. The van der Waals surface area contributed by atoms with E-state index in [-0.39, 0.29) is 0 Å². The second kappa shape index (κ2) is 4.40. The average Bonchev–Trinajstić information content (AvgIpc) is 2.12. The third-order valence-corrected chi connectivity index (χ3v) is 3.04. The Morgan fingerprint density at radius 2 is 1.85 bits per heavy atom. The minimum atomic E-state index is 0.437. The number of ether oxygens (including phenoxy) is 2. The van der Waals surface area contributed by atoms with Gasteiger partial charge in [-0.15, -0.1) is 0 Å². The van der Waals surface area contributed by atoms with Crippen molar-refractivity contribution in [1.82, 2.24) is 5.32 Å². The lowest BCUT2D eigenvalue weighted by atomic mass is 9.94. The Morgan fingerprint density at radius 1 is 1.08 bits per heavy atom. The highest BCUT2D eigenvalue weighted by molar-refractivity contribution is 4.80. The second-order valence-corrected chi connectivity index (χ2v) is 4.06. The molecule has 1 aliphatic heterocycles. The highest BCUT2D eigenvalue weighted by Gasteiger charge is 2.27. The van der Waals surface area contributed by atoms with Gasteiger partial charge in [0.25, 0.3) is 0 Å². The molecular weight excluding hydrogens is 166 g/mol. The molecule has 3 nitrogen and oxygen atoms in total. The molecule has 0 spiro atoms. The van der Waals surface area contributed by atoms with E-state index in [0.717, 1.165) is 19.5 Å². The third-order valence-electron chi connectivity index (χ3n) is 3.04. The monoisotopic (exact) mass is 185 g/mol. The smallest absolute Gasteiger partial charge is 0.0827 e. The van der Waals surface area contributed by atoms with Crippen LogP contribution in [-0.2, 0) is 9.47 Å². The standard InChI is InChI=1S/C10H19NO2/c1-12-8-3-2-4-9(5-8)13-10-6-11-7-10/h8-11H,2-7H2,1H3. The van der Waals surface area contributed by atoms with Gasteiger partial charge in [-0.05, 0) is 25.7 Å². The molecule has 76 valence electrons. The van der Waals surface area contributed by atoms with Crippen LogP contribution in [0, 0.1) is 0 Å². The molecule has 3 heteroatoms. The van der Waals surface area contributed by atoms with E-state index in [4.69, 9.17) is 9.47 Å². The highest BCUT2D eigenvalue weighted by atomic mass is 16.5. The van der Waals surface area contributed by atoms with Gasteiger partial charge in [-0.1, -0.05) is 0 Å². The Labute approximate surface area is 79.8 Å². The minimum absolute atomic E-state index is 0.437. The van der Waals surface area contributed by atoms with E-state index in [1.807, 2.05) is 0 Å². The topological polar surface area (TPSA) is 30.5 Å². The summed E-state index contributed by atoms with van der Waals surface area (Å²) in [6.45, 7) is 2.07. The lowest BCUT2D eigenvalue weighted by Crippen LogP contribution is -2.50. The highest BCUT2D eigenvalue weighted by Crippen LogP contribution is 2.24. The molecule has 0 amide bonds. The summed E-state index contributed by atoms with van der Waals surface area (Å²) in [7, 11) is 1.80. The second-order valence-electron chi connectivity index (χ2n) is 4.06. The summed E-state index contributed by atoms with van der Waals surface area (Å²) >= 11 is 0. The van der Waals surface area contributed by atoms with Crippen LogP contribution in [-0.4, -0.2) is 38.5 Å². The maximum Gasteiger partial charge on any atom is 0.0827 e. The molecule has 0 bridgehead atoms. The minimum Gasteiger partial charge on any atom is -0.381 e. The number of hydrogen-bond donors (Lipinski definition) is 1. The van der Waals surface area contributed by atoms with Gasteiger partial charge in [-0.25, -0.2) is 0 Å². The van der Waals surface area contributed by atoms with Crippen LogP contribution < -0.4 is 5.32 Å². The van der Waals surface area contributed by atoms with Crippen molar-refractivity contribution in [3.8, 4) is 0 Å². The predicted molar refractivity (Wildman–Crippen MR) is 50.8 cm³/mol. The zero-order valence-electron chi connectivity index (χ0n) is 8.29. The number of hydrogen-bond acceptors (Lipinski definition) is 3. The van der Waals surface area contributed by atoms with Gasteiger partial charge in [0.05, 0.1) is 18.3 Å². The Balaban J connectivity index is 1.71. The SMILES string of the molecule is COC1CCCC(OC2CNC2)C1. The van der Waals surface area contributed by atoms with E-state index in [1.54, 1.807) is 7.11 Å². The summed E-state index contributed by atoms with van der Waals surface area (Å²) in [5.74, 6) is 0. The molecular formula is C10H19NO2. The molecule has 13 heavy (non-hydrogen) atoms. The van der Waals surface area contributed by atoms with Gasteiger partial charge >= 0.3 is 0 Å². The van der Waals surface area contributed by atoms with Gasteiger partial charge in [0.1, 0.15) is 0 Å². The fourth-order valence-corrected chi connectivity index (χ4v) is 2.07. The van der Waals surface area contributed by atoms with Crippen molar-refractivity contribution < 1.29 is 9.47 Å². The molecule has 2 aliphatic rings. The Kier molecular flexibility index (Phi) is 3.19. The van der Waals surface area contributed by atoms with Gasteiger partial charge in [-0.3, -0.25) is 0 Å². The van der Waals surface area contributed by atoms with Gasteiger partial charge in [0.2, 0.25) is 0 Å². The summed E-state index contributed by atoms with van der Waals surface area (Å²) in [5, 5.41) is 3.22. The summed E-state index contributed by atoms with van der Waals surface area (Å²) in [6, 6.07) is 0. The number of methoxy groups -OCH3 is 1. The van der Waals surface area contributed by atoms with E-state index >= 15 is 0 Å². The van der Waals surface area contributed by atoms with Crippen molar-refractivity contribution in [2.24, 2.45) is 0 Å². The van der Waals surface area contributed by atoms with Crippen LogP contribution in [0.5, 0.6) is 0 Å². The predicted octanol–water partition coefficient (Wildman–Crippen LogP) is 0.932. The molecule has 1 aliphatic carbocycles. The first-order valence-corrected chi connectivity index (χ1v) is 5.27. The zero-order chi connectivity index (χ0) is 9.10. The van der Waals surface area contributed by atoms with E-state index in [2.05, 4.69) is 5.32 Å². The van der Waals surface area contributed by atoms with E-state index in [0.29, 0.717) is 18.3 Å². The molecule has 1 saturated carbocycles. The van der Waals surface area contributed by atoms with E-state index < -0.39 is 0 Å². The number of nitrogens with one attached hydrogen (secondary N) is 1. The van der Waals surface area contributed by atoms with Crippen molar-refractivity contribution in [2.75, 3.05) is 20.2 Å². The molecule has 2 fully saturated rings. The third kappa shape index (κ3) is 2.42. The van der Waals surface area contributed by atoms with E-state index in [9.17, 15) is 0 Å². The van der Waals surface area contributed by atoms with Gasteiger partial charge in [0, 0.05) is 20.2 Å². The Hall–Kier alpha value is -0.120. The fraction of sp³-hybridized carbons (Fsp3) is 1.00. The molecule has 2 unspecified atom stereocenters. The van der Waals surface area contributed by atoms with Crippen LogP contribution in [0.3, 0.4) is 0 Å². The summed E-state index contributed by atoms with van der Waals surface area (Å²) in [4.78, 5) is 0. The first-order chi connectivity index (χ1) is 6.38. The lowest BCUT2D eigenvalue weighted by Gasteiger charge is -2.35. The molecule has 1 N–H and O–H groups in total. The molecule has 0 aromatic heterocycles. The van der Waals surface area contributed by atoms with Gasteiger partial charge in [-0.2, -0.15) is 0 Å². The van der Waals surface area contributed by atoms with E-state index in [1.165, 1.54) is 19.3 Å². The maximum atomic E-state index is 5.92. The van der Waals surface area contributed by atoms with Crippen molar-refractivity contribution in [3.63, 3.8) is 0 Å². The van der Waals surface area contributed by atoms with Crippen molar-refractivity contribution >= 4 is 0 Å². The van der Waals surface area contributed by atoms with Crippen molar-refractivity contribution in [2.45, 2.75) is 44.0 Å². The summed E-state index contributed by atoms with van der Waals surface area (Å²) in [6.07, 6.45) is 6.13. The molecule has 2 atom stereocenters. The largest absolute Gasteiger partial charge is 0.381 e. The lowest BCUT2D eigenvalue weighted by molar-refractivity contribution is -0.0798. The van der Waals surface area contributed by atoms with Crippen molar-refractivity contribution in [1.29, 1.82) is 0 Å². The number of rotatable bonds is 3. The summed E-state index contributed by atoms with van der Waals surface area (Å²) in [5.41, 5.74) is 0. The van der Waals surface area contributed by atoms with Gasteiger partial charge < -0.3 is 14.8 Å². The molecule has 0 aromatic rings. The molecule has 0 aromatic carbocycles. The van der Waals surface area contributed by atoms with Crippen LogP contribution in [0.4, 0.5) is 0 Å². The molecule has 1 saturated heterocycles.